The second kappa shape index (κ2) is 9.13. The van der Waals surface area contributed by atoms with Crippen LogP contribution in [-0.4, -0.2) is 55.0 Å². The summed E-state index contributed by atoms with van der Waals surface area (Å²) in [5.74, 6) is 0.0437. The Morgan fingerprint density at radius 3 is 2.53 bits per heavy atom. The van der Waals surface area contributed by atoms with Crippen molar-refractivity contribution in [2.45, 2.75) is 13.3 Å². The van der Waals surface area contributed by atoms with Crippen molar-refractivity contribution in [2.75, 3.05) is 44.6 Å². The van der Waals surface area contributed by atoms with E-state index >= 15 is 0 Å². The van der Waals surface area contributed by atoms with Crippen LogP contribution in [0, 0.1) is 24.6 Å². The number of carbonyl (C=O) groups is 1. The smallest absolute Gasteiger partial charge is 0.256 e. The molecule has 2 saturated heterocycles. The summed E-state index contributed by atoms with van der Waals surface area (Å²) in [7, 11) is 0. The van der Waals surface area contributed by atoms with Crippen molar-refractivity contribution in [3.8, 4) is 0 Å². The first kappa shape index (κ1) is 21.4. The van der Waals surface area contributed by atoms with Gasteiger partial charge in [0, 0.05) is 43.4 Å². The number of likely N-dealkylation sites (tertiary alicyclic amines) is 2. The van der Waals surface area contributed by atoms with E-state index in [4.69, 9.17) is 23.2 Å². The van der Waals surface area contributed by atoms with Crippen LogP contribution in [0.4, 0.5) is 10.1 Å². The Morgan fingerprint density at radius 2 is 1.83 bits per heavy atom. The molecular formula is C23H26Cl2FN3O. The number of hydrogen-bond acceptors (Lipinski definition) is 3. The van der Waals surface area contributed by atoms with Crippen molar-refractivity contribution < 1.29 is 9.18 Å². The van der Waals surface area contributed by atoms with E-state index in [9.17, 15) is 9.18 Å². The van der Waals surface area contributed by atoms with E-state index in [1.54, 1.807) is 11.0 Å². The summed E-state index contributed by atoms with van der Waals surface area (Å²) in [6.45, 7) is 7.26. The molecule has 0 bridgehead atoms. The van der Waals surface area contributed by atoms with Gasteiger partial charge in [-0.25, -0.2) is 4.39 Å². The first-order valence-corrected chi connectivity index (χ1v) is 11.1. The van der Waals surface area contributed by atoms with E-state index in [1.807, 2.05) is 19.1 Å². The van der Waals surface area contributed by atoms with Crippen LogP contribution in [0.25, 0.3) is 0 Å². The Hall–Kier alpha value is -1.82. The fourth-order valence-electron chi connectivity index (χ4n) is 4.52. The molecule has 2 aliphatic rings. The molecule has 0 aliphatic carbocycles. The zero-order valence-electron chi connectivity index (χ0n) is 17.0. The summed E-state index contributed by atoms with van der Waals surface area (Å²) < 4.78 is 14.2. The Kier molecular flexibility index (Phi) is 6.51. The first-order valence-electron chi connectivity index (χ1n) is 10.4. The largest absolute Gasteiger partial charge is 0.385 e. The van der Waals surface area contributed by atoms with Crippen molar-refractivity contribution in [3.05, 3.63) is 63.4 Å². The zero-order chi connectivity index (χ0) is 21.3. The molecule has 1 amide bonds. The lowest BCUT2D eigenvalue weighted by molar-refractivity contribution is 0.0769. The topological polar surface area (TPSA) is 35.6 Å². The first-order chi connectivity index (χ1) is 14.4. The van der Waals surface area contributed by atoms with Crippen molar-refractivity contribution in [1.29, 1.82) is 0 Å². The Balaban J connectivity index is 1.22. The lowest BCUT2D eigenvalue weighted by atomic mass is 10.0. The summed E-state index contributed by atoms with van der Waals surface area (Å²) in [5, 5.41) is 4.20. The molecule has 2 atom stereocenters. The van der Waals surface area contributed by atoms with Gasteiger partial charge in [-0.3, -0.25) is 4.79 Å². The summed E-state index contributed by atoms with van der Waals surface area (Å²) in [6.07, 6.45) is 1.04. The van der Waals surface area contributed by atoms with Crippen LogP contribution in [0.1, 0.15) is 22.3 Å². The van der Waals surface area contributed by atoms with Gasteiger partial charge in [-0.05, 0) is 61.6 Å². The third-order valence-electron chi connectivity index (χ3n) is 6.18. The maximum atomic E-state index is 14.2. The SMILES string of the molecule is Cc1ccc(NCCCN2CC3CN(C(=O)c4cccc(Cl)c4F)CC3C2)cc1Cl. The van der Waals surface area contributed by atoms with Gasteiger partial charge < -0.3 is 15.1 Å². The predicted octanol–water partition coefficient (Wildman–Crippen LogP) is 4.95. The number of benzene rings is 2. The highest BCUT2D eigenvalue weighted by Crippen LogP contribution is 2.32. The number of amides is 1. The fourth-order valence-corrected chi connectivity index (χ4v) is 4.87. The van der Waals surface area contributed by atoms with E-state index in [0.29, 0.717) is 24.9 Å². The lowest BCUT2D eigenvalue weighted by Crippen LogP contribution is -2.34. The highest BCUT2D eigenvalue weighted by Gasteiger charge is 2.41. The number of halogens is 3. The minimum absolute atomic E-state index is 0.00654. The Bertz CT molecular complexity index is 925. The standard InChI is InChI=1S/C23H26Cl2FN3O/c1-15-6-7-18(10-21(15)25)27-8-3-9-28-11-16-13-29(14-17(16)12-28)23(30)19-4-2-5-20(24)22(19)26/h2,4-7,10,16-17,27H,3,8-9,11-14H2,1H3. The molecule has 30 heavy (non-hydrogen) atoms. The second-order valence-corrected chi connectivity index (χ2v) is 9.15. The van der Waals surface area contributed by atoms with Gasteiger partial charge in [0.15, 0.2) is 5.82 Å². The third kappa shape index (κ3) is 4.58. The number of anilines is 1. The number of nitrogens with zero attached hydrogens (tertiary/aromatic N) is 2. The molecule has 0 spiro atoms. The van der Waals surface area contributed by atoms with E-state index in [1.165, 1.54) is 12.1 Å². The molecule has 7 heteroatoms. The highest BCUT2D eigenvalue weighted by atomic mass is 35.5. The Labute approximate surface area is 186 Å². The van der Waals surface area contributed by atoms with Crippen LogP contribution in [0.3, 0.4) is 0 Å². The molecular weight excluding hydrogens is 424 g/mol. The van der Waals surface area contributed by atoms with Crippen molar-refractivity contribution in [3.63, 3.8) is 0 Å². The van der Waals surface area contributed by atoms with Gasteiger partial charge in [0.25, 0.3) is 5.91 Å². The summed E-state index contributed by atoms with van der Waals surface area (Å²) in [4.78, 5) is 17.0. The number of fused-ring (bicyclic) bond motifs is 1. The lowest BCUT2D eigenvalue weighted by Gasteiger charge is -2.22. The van der Waals surface area contributed by atoms with Crippen LogP contribution in [0.15, 0.2) is 36.4 Å². The highest BCUT2D eigenvalue weighted by molar-refractivity contribution is 6.31. The molecule has 1 N–H and O–H groups in total. The monoisotopic (exact) mass is 449 g/mol. The maximum absolute atomic E-state index is 14.2. The molecule has 2 heterocycles. The third-order valence-corrected chi connectivity index (χ3v) is 6.88. The fraction of sp³-hybridized carbons (Fsp3) is 0.435. The maximum Gasteiger partial charge on any atom is 0.256 e. The Morgan fingerprint density at radius 1 is 1.10 bits per heavy atom. The van der Waals surface area contributed by atoms with E-state index in [2.05, 4.69) is 16.3 Å². The molecule has 0 radical (unpaired) electrons. The van der Waals surface area contributed by atoms with Crippen LogP contribution in [-0.2, 0) is 0 Å². The van der Waals surface area contributed by atoms with Crippen LogP contribution < -0.4 is 5.32 Å². The van der Waals surface area contributed by atoms with Crippen LogP contribution in [0.2, 0.25) is 10.0 Å². The molecule has 0 saturated carbocycles. The van der Waals surface area contributed by atoms with Crippen LogP contribution >= 0.6 is 23.2 Å². The number of rotatable bonds is 6. The number of hydrogen-bond donors (Lipinski definition) is 1. The normalized spacial score (nSPS) is 21.1. The zero-order valence-corrected chi connectivity index (χ0v) is 18.5. The molecule has 160 valence electrons. The predicted molar refractivity (Wildman–Crippen MR) is 120 cm³/mol. The van der Waals surface area contributed by atoms with Gasteiger partial charge in [-0.1, -0.05) is 35.3 Å². The number of nitrogens with one attached hydrogen (secondary N) is 1. The number of carbonyl (C=O) groups excluding carboxylic acids is 1. The summed E-state index contributed by atoms with van der Waals surface area (Å²) in [5.41, 5.74) is 2.20. The van der Waals surface area contributed by atoms with Crippen molar-refractivity contribution >= 4 is 34.8 Å². The van der Waals surface area contributed by atoms with Gasteiger partial charge in [0.05, 0.1) is 10.6 Å². The molecule has 2 fully saturated rings. The molecule has 2 unspecified atom stereocenters. The molecule has 4 nitrogen and oxygen atoms in total. The quantitative estimate of drug-likeness (QED) is 0.633. The van der Waals surface area contributed by atoms with Crippen LogP contribution in [0.5, 0.6) is 0 Å². The van der Waals surface area contributed by atoms with Gasteiger partial charge >= 0.3 is 0 Å². The second-order valence-electron chi connectivity index (χ2n) is 8.34. The molecule has 0 aromatic heterocycles. The molecule has 2 aromatic carbocycles. The van der Waals surface area contributed by atoms with Crippen molar-refractivity contribution in [1.82, 2.24) is 9.80 Å². The van der Waals surface area contributed by atoms with Gasteiger partial charge in [-0.2, -0.15) is 0 Å². The molecule has 2 aliphatic heterocycles. The minimum Gasteiger partial charge on any atom is -0.385 e. The van der Waals surface area contributed by atoms with E-state index < -0.39 is 5.82 Å². The summed E-state index contributed by atoms with van der Waals surface area (Å²) in [6, 6.07) is 10.6. The van der Waals surface area contributed by atoms with E-state index in [0.717, 1.165) is 48.9 Å². The van der Waals surface area contributed by atoms with E-state index in [-0.39, 0.29) is 16.5 Å². The summed E-state index contributed by atoms with van der Waals surface area (Å²) >= 11 is 12.0. The van der Waals surface area contributed by atoms with Gasteiger partial charge in [0.1, 0.15) is 0 Å². The van der Waals surface area contributed by atoms with Crippen molar-refractivity contribution in [2.24, 2.45) is 11.8 Å². The molecule has 4 rings (SSSR count). The number of aryl methyl sites for hydroxylation is 1. The average molecular weight is 450 g/mol. The minimum atomic E-state index is -0.620. The average Bonchev–Trinajstić information content (AvgIpc) is 3.28. The molecule has 2 aromatic rings. The van der Waals surface area contributed by atoms with Gasteiger partial charge in [-0.15, -0.1) is 0 Å². The van der Waals surface area contributed by atoms with Gasteiger partial charge in [0.2, 0.25) is 0 Å².